The summed E-state index contributed by atoms with van der Waals surface area (Å²) in [5.74, 6) is 2.09. The molecule has 1 atom stereocenters. The molecule has 3 nitrogen and oxygen atoms in total. The Morgan fingerprint density at radius 2 is 1.65 bits per heavy atom. The van der Waals surface area contributed by atoms with Crippen molar-refractivity contribution in [2.24, 2.45) is 4.99 Å². The maximum Gasteiger partial charge on any atom is 0.127 e. The molecule has 0 aliphatic carbocycles. The van der Waals surface area contributed by atoms with Crippen LogP contribution in [-0.2, 0) is 0 Å². The lowest BCUT2D eigenvalue weighted by Gasteiger charge is -2.45. The molecular weight excluding hydrogens is 404 g/mol. The van der Waals surface area contributed by atoms with Crippen LogP contribution in [-0.4, -0.2) is 18.8 Å². The van der Waals surface area contributed by atoms with Crippen LogP contribution in [0.25, 0.3) is 0 Å². The van der Waals surface area contributed by atoms with Crippen LogP contribution in [0.5, 0.6) is 11.5 Å². The summed E-state index contributed by atoms with van der Waals surface area (Å²) in [5, 5.41) is 0.721. The molecule has 1 aliphatic rings. The lowest BCUT2D eigenvalue weighted by Crippen LogP contribution is -2.45. The smallest absolute Gasteiger partial charge is 0.127 e. The van der Waals surface area contributed by atoms with E-state index in [4.69, 9.17) is 16.3 Å². The Kier molecular flexibility index (Phi) is 5.81. The van der Waals surface area contributed by atoms with Crippen LogP contribution < -0.4 is 9.64 Å². The Morgan fingerprint density at radius 1 is 1.03 bits per heavy atom. The molecule has 0 amide bonds. The molecule has 0 fully saturated rings. The highest BCUT2D eigenvalue weighted by atomic mass is 35.5. The summed E-state index contributed by atoms with van der Waals surface area (Å²) in [4.78, 5) is 6.98. The van der Waals surface area contributed by atoms with Gasteiger partial charge in [-0.1, -0.05) is 36.2 Å². The van der Waals surface area contributed by atoms with Crippen LogP contribution in [0.2, 0.25) is 5.02 Å². The van der Waals surface area contributed by atoms with Gasteiger partial charge in [-0.3, -0.25) is 4.99 Å². The highest BCUT2D eigenvalue weighted by molar-refractivity contribution is 6.33. The van der Waals surface area contributed by atoms with Gasteiger partial charge in [-0.15, -0.1) is 0 Å². The molecular formula is C27H29ClN2O. The highest BCUT2D eigenvalue weighted by Gasteiger charge is 2.34. The first kappa shape index (κ1) is 21.5. The van der Waals surface area contributed by atoms with Crippen molar-refractivity contribution in [3.05, 3.63) is 82.4 Å². The molecule has 0 bridgehead atoms. The van der Waals surface area contributed by atoms with E-state index in [1.165, 1.54) is 16.8 Å². The van der Waals surface area contributed by atoms with Crippen LogP contribution in [0.3, 0.4) is 0 Å². The van der Waals surface area contributed by atoms with Crippen molar-refractivity contribution >= 4 is 29.2 Å². The van der Waals surface area contributed by atoms with Crippen LogP contribution in [0.1, 0.15) is 49.8 Å². The van der Waals surface area contributed by atoms with E-state index in [0.717, 1.165) is 34.2 Å². The highest BCUT2D eigenvalue weighted by Crippen LogP contribution is 2.44. The average molecular weight is 433 g/mol. The second-order valence-electron chi connectivity index (χ2n) is 9.08. The average Bonchev–Trinajstić information content (AvgIpc) is 2.73. The predicted molar refractivity (Wildman–Crippen MR) is 132 cm³/mol. The summed E-state index contributed by atoms with van der Waals surface area (Å²) in [6.45, 7) is 8.91. The number of hydrogen-bond acceptors (Lipinski definition) is 3. The Bertz CT molecular complexity index is 1100. The molecule has 0 aromatic heterocycles. The maximum absolute atomic E-state index is 6.62. The van der Waals surface area contributed by atoms with Gasteiger partial charge in [0, 0.05) is 30.1 Å². The van der Waals surface area contributed by atoms with E-state index >= 15 is 0 Å². The van der Waals surface area contributed by atoms with Gasteiger partial charge < -0.3 is 9.64 Å². The molecule has 1 heterocycles. The first-order valence-corrected chi connectivity index (χ1v) is 11.1. The first-order valence-electron chi connectivity index (χ1n) is 10.7. The van der Waals surface area contributed by atoms with E-state index in [2.05, 4.69) is 56.8 Å². The van der Waals surface area contributed by atoms with E-state index in [-0.39, 0.29) is 5.54 Å². The van der Waals surface area contributed by atoms with Crippen LogP contribution in [0.4, 0.5) is 11.4 Å². The third-order valence-electron chi connectivity index (χ3n) is 6.20. The van der Waals surface area contributed by atoms with Crippen LogP contribution >= 0.6 is 11.6 Å². The molecule has 1 aliphatic heterocycles. The molecule has 31 heavy (non-hydrogen) atoms. The van der Waals surface area contributed by atoms with Gasteiger partial charge in [0.25, 0.3) is 0 Å². The molecule has 160 valence electrons. The minimum atomic E-state index is 0.119. The third-order valence-corrected chi connectivity index (χ3v) is 6.53. The van der Waals surface area contributed by atoms with Gasteiger partial charge in [0.1, 0.15) is 11.5 Å². The molecule has 3 aromatic rings. The normalized spacial score (nSPS) is 17.6. The number of ether oxygens (including phenoxy) is 1. The van der Waals surface area contributed by atoms with Crippen molar-refractivity contribution in [2.75, 3.05) is 11.9 Å². The first-order chi connectivity index (χ1) is 14.7. The minimum Gasteiger partial charge on any atom is -0.457 e. The quantitative estimate of drug-likeness (QED) is 0.391. The molecule has 0 saturated carbocycles. The van der Waals surface area contributed by atoms with E-state index in [1.54, 1.807) is 0 Å². The second kappa shape index (κ2) is 8.39. The molecule has 0 radical (unpaired) electrons. The third kappa shape index (κ3) is 4.62. The molecule has 4 heteroatoms. The Balaban J connectivity index is 1.52. The lowest BCUT2D eigenvalue weighted by molar-refractivity contribution is 0.395. The Morgan fingerprint density at radius 3 is 2.29 bits per heavy atom. The van der Waals surface area contributed by atoms with Gasteiger partial charge in [0.2, 0.25) is 0 Å². The second-order valence-corrected chi connectivity index (χ2v) is 9.48. The van der Waals surface area contributed by atoms with Gasteiger partial charge in [-0.25, -0.2) is 0 Å². The Hall–Kier alpha value is -2.78. The minimum absolute atomic E-state index is 0.119. The fraction of sp³-hybridized carbons (Fsp3) is 0.296. The predicted octanol–water partition coefficient (Wildman–Crippen LogP) is 7.91. The number of aliphatic imine (C=N–C) groups is 1. The van der Waals surface area contributed by atoms with Crippen molar-refractivity contribution in [3.63, 3.8) is 0 Å². The number of nitrogens with zero attached hydrogens (tertiary/aromatic N) is 2. The lowest BCUT2D eigenvalue weighted by atomic mass is 9.80. The molecule has 4 rings (SSSR count). The van der Waals surface area contributed by atoms with Gasteiger partial charge >= 0.3 is 0 Å². The standard InChI is InChI=1S/C27H29ClN2O/c1-18-6-10-22(11-7-18)31-23-12-8-21(9-13-23)29-17-20-14-24-19(2)16-27(3,4)30(5)26(24)15-25(20)28/h6-15,17,19H,16H2,1-5H3/t19-/m1/s1. The summed E-state index contributed by atoms with van der Waals surface area (Å²) in [6.07, 6.45) is 2.96. The summed E-state index contributed by atoms with van der Waals surface area (Å²) in [6, 6.07) is 20.0. The zero-order valence-corrected chi connectivity index (χ0v) is 19.6. The van der Waals surface area contributed by atoms with Gasteiger partial charge in [0.15, 0.2) is 0 Å². The van der Waals surface area contributed by atoms with Crippen LogP contribution in [0.15, 0.2) is 65.7 Å². The van der Waals surface area contributed by atoms with Crippen molar-refractivity contribution in [1.82, 2.24) is 0 Å². The summed E-state index contributed by atoms with van der Waals surface area (Å²) >= 11 is 6.62. The number of aryl methyl sites for hydroxylation is 1. The fourth-order valence-corrected chi connectivity index (χ4v) is 4.40. The maximum atomic E-state index is 6.62. The number of anilines is 1. The van der Waals surface area contributed by atoms with Crippen molar-refractivity contribution < 1.29 is 4.74 Å². The summed E-state index contributed by atoms with van der Waals surface area (Å²) in [5.41, 5.74) is 5.67. The monoisotopic (exact) mass is 432 g/mol. The fourth-order valence-electron chi connectivity index (χ4n) is 4.19. The summed E-state index contributed by atoms with van der Waals surface area (Å²) in [7, 11) is 2.15. The zero-order valence-electron chi connectivity index (χ0n) is 18.8. The van der Waals surface area contributed by atoms with Crippen molar-refractivity contribution in [2.45, 2.75) is 45.6 Å². The van der Waals surface area contributed by atoms with E-state index < -0.39 is 0 Å². The number of hydrogen-bond donors (Lipinski definition) is 0. The van der Waals surface area contributed by atoms with Gasteiger partial charge in [-0.2, -0.15) is 0 Å². The van der Waals surface area contributed by atoms with E-state index in [0.29, 0.717) is 5.92 Å². The van der Waals surface area contributed by atoms with Gasteiger partial charge in [-0.05, 0) is 87.2 Å². The van der Waals surface area contributed by atoms with Crippen LogP contribution in [0, 0.1) is 6.92 Å². The van der Waals surface area contributed by atoms with Crippen molar-refractivity contribution in [1.29, 1.82) is 0 Å². The van der Waals surface area contributed by atoms with E-state index in [1.807, 2.05) is 54.7 Å². The van der Waals surface area contributed by atoms with Gasteiger partial charge in [0.05, 0.1) is 10.7 Å². The number of halogens is 1. The number of rotatable bonds is 4. The molecule has 0 N–H and O–H groups in total. The SMILES string of the molecule is Cc1ccc(Oc2ccc(N=Cc3cc4c(cc3Cl)N(C)C(C)(C)C[C@H]4C)cc2)cc1. The van der Waals surface area contributed by atoms with E-state index in [9.17, 15) is 0 Å². The molecule has 3 aromatic carbocycles. The zero-order chi connectivity index (χ0) is 22.2. The van der Waals surface area contributed by atoms with Crippen molar-refractivity contribution in [3.8, 4) is 11.5 Å². The topological polar surface area (TPSA) is 24.8 Å². The molecule has 0 spiro atoms. The largest absolute Gasteiger partial charge is 0.457 e. The molecule has 0 unspecified atom stereocenters. The number of fused-ring (bicyclic) bond motifs is 1. The Labute approximate surface area is 190 Å². The molecule has 0 saturated heterocycles. The summed E-state index contributed by atoms with van der Waals surface area (Å²) < 4.78 is 5.89. The number of benzene rings is 3.